The van der Waals surface area contributed by atoms with E-state index in [0.29, 0.717) is 51.9 Å². The fraction of sp³-hybridized carbons (Fsp3) is 0.312. The summed E-state index contributed by atoms with van der Waals surface area (Å²) in [6.45, 7) is 9.35. The zero-order chi connectivity index (χ0) is 30.6. The summed E-state index contributed by atoms with van der Waals surface area (Å²) in [5, 5.41) is 15.8. The number of aryl methyl sites for hydroxylation is 1. The smallest absolute Gasteiger partial charge is 0.337 e. The lowest BCUT2D eigenvalue weighted by Gasteiger charge is -2.28. The van der Waals surface area contributed by atoms with Gasteiger partial charge in [-0.05, 0) is 76.8 Å². The maximum atomic E-state index is 15.6. The van der Waals surface area contributed by atoms with Crippen molar-refractivity contribution in [1.29, 1.82) is 0 Å². The highest BCUT2D eigenvalue weighted by Crippen LogP contribution is 2.42. The van der Waals surface area contributed by atoms with Crippen LogP contribution in [0.5, 0.6) is 5.75 Å². The molecule has 5 aromatic rings. The van der Waals surface area contributed by atoms with E-state index in [1.807, 2.05) is 6.92 Å². The quantitative estimate of drug-likeness (QED) is 0.216. The van der Waals surface area contributed by atoms with Crippen LogP contribution in [-0.4, -0.2) is 42.9 Å². The molecule has 1 N–H and O–H groups in total. The van der Waals surface area contributed by atoms with Crippen molar-refractivity contribution >= 4 is 23.0 Å². The van der Waals surface area contributed by atoms with E-state index in [1.165, 1.54) is 29.5 Å². The van der Waals surface area contributed by atoms with Gasteiger partial charge < -0.3 is 14.6 Å². The number of carbonyl (C=O) groups is 1. The summed E-state index contributed by atoms with van der Waals surface area (Å²) in [7, 11) is 0. The van der Waals surface area contributed by atoms with Gasteiger partial charge in [0.2, 0.25) is 0 Å². The molecule has 0 spiro atoms. The summed E-state index contributed by atoms with van der Waals surface area (Å²) in [4.78, 5) is 22.7. The van der Waals surface area contributed by atoms with Crippen LogP contribution in [0.25, 0.3) is 38.0 Å². The lowest BCUT2D eigenvalue weighted by molar-refractivity contribution is -0.160. The second kappa shape index (κ2) is 10.8. The molecular weight excluding hydrogens is 574 g/mol. The zero-order valence-corrected chi connectivity index (χ0v) is 25.2. The Morgan fingerprint density at radius 3 is 2.70 bits per heavy atom. The summed E-state index contributed by atoms with van der Waals surface area (Å²) in [5.74, 6) is -1.85. The molecule has 0 radical (unpaired) electrons. The first-order chi connectivity index (χ1) is 20.4. The third kappa shape index (κ3) is 5.38. The van der Waals surface area contributed by atoms with Gasteiger partial charge in [-0.2, -0.15) is 5.10 Å². The second-order valence-electron chi connectivity index (χ2n) is 11.5. The number of nitrogens with zero attached hydrogens (tertiary/aromatic N) is 4. The third-order valence-electron chi connectivity index (χ3n) is 7.31. The second-order valence-corrected chi connectivity index (χ2v) is 12.6. The average molecular weight is 605 g/mol. The number of carboxylic acids is 1. The first-order valence-corrected chi connectivity index (χ1v) is 14.7. The highest BCUT2D eigenvalue weighted by molar-refractivity contribution is 7.18. The molecular formula is C32H30F2N4O4S. The van der Waals surface area contributed by atoms with Crippen LogP contribution in [0.2, 0.25) is 0 Å². The van der Waals surface area contributed by atoms with Crippen molar-refractivity contribution in [3.8, 4) is 38.1 Å². The molecule has 4 heterocycles. The minimum Gasteiger partial charge on any atom is -0.490 e. The Balaban J connectivity index is 1.61. The van der Waals surface area contributed by atoms with Gasteiger partial charge in [0.25, 0.3) is 0 Å². The third-order valence-corrected chi connectivity index (χ3v) is 8.38. The highest BCUT2D eigenvalue weighted by Gasteiger charge is 2.34. The molecule has 0 amide bonds. The molecule has 43 heavy (non-hydrogen) atoms. The van der Waals surface area contributed by atoms with Crippen LogP contribution in [-0.2, 0) is 16.0 Å². The molecule has 2 aromatic carbocycles. The van der Waals surface area contributed by atoms with Gasteiger partial charge in [-0.1, -0.05) is 12.1 Å². The molecule has 222 valence electrons. The Kier molecular flexibility index (Phi) is 7.26. The number of halogens is 2. The van der Waals surface area contributed by atoms with Crippen LogP contribution >= 0.6 is 11.3 Å². The predicted octanol–water partition coefficient (Wildman–Crippen LogP) is 7.35. The van der Waals surface area contributed by atoms with Crippen molar-refractivity contribution in [1.82, 2.24) is 19.6 Å². The standard InChI is InChI=1S/C32H30F2N4O4S/c1-16-20-10-7-11-41-28(20)22(34)13-21(16)27-26(29(31(39)40)42-32(3,4)5)17(2)36-25-14-23(37-38(25)27)30-35-15-24(43-30)18-8-6-9-19(33)12-18/h6,8-9,12-15,29H,7,10-11H2,1-5H3,(H,39,40)/t29-/m0/s1. The van der Waals surface area contributed by atoms with Crippen LogP contribution in [0.15, 0.2) is 42.6 Å². The lowest BCUT2D eigenvalue weighted by Crippen LogP contribution is -2.29. The van der Waals surface area contributed by atoms with E-state index in [9.17, 15) is 14.3 Å². The van der Waals surface area contributed by atoms with Gasteiger partial charge in [-0.3, -0.25) is 0 Å². The summed E-state index contributed by atoms with van der Waals surface area (Å²) < 4.78 is 42.7. The molecule has 1 aliphatic heterocycles. The number of aliphatic carboxylic acids is 1. The van der Waals surface area contributed by atoms with Gasteiger partial charge in [0, 0.05) is 34.6 Å². The zero-order valence-electron chi connectivity index (χ0n) is 24.4. The summed E-state index contributed by atoms with van der Waals surface area (Å²) >= 11 is 1.34. The van der Waals surface area contributed by atoms with Crippen LogP contribution in [0, 0.1) is 25.5 Å². The minimum atomic E-state index is -1.41. The normalized spacial score (nSPS) is 14.0. The van der Waals surface area contributed by atoms with E-state index >= 15 is 4.39 Å². The fourth-order valence-corrected chi connectivity index (χ4v) is 6.34. The maximum Gasteiger partial charge on any atom is 0.337 e. The Bertz CT molecular complexity index is 1890. The number of hydrogen-bond acceptors (Lipinski definition) is 7. The lowest BCUT2D eigenvalue weighted by atomic mass is 9.91. The van der Waals surface area contributed by atoms with Gasteiger partial charge in [-0.25, -0.2) is 28.1 Å². The van der Waals surface area contributed by atoms with Crippen LogP contribution in [0.3, 0.4) is 0 Å². The monoisotopic (exact) mass is 604 g/mol. The van der Waals surface area contributed by atoms with E-state index in [4.69, 9.17) is 19.6 Å². The predicted molar refractivity (Wildman–Crippen MR) is 159 cm³/mol. The van der Waals surface area contributed by atoms with Gasteiger partial charge in [0.1, 0.15) is 16.5 Å². The molecule has 1 aliphatic rings. The molecule has 0 bridgehead atoms. The Morgan fingerprint density at radius 1 is 1.19 bits per heavy atom. The van der Waals surface area contributed by atoms with Crippen molar-refractivity contribution in [2.75, 3.05) is 6.61 Å². The van der Waals surface area contributed by atoms with E-state index in [1.54, 1.807) is 56.6 Å². The van der Waals surface area contributed by atoms with Gasteiger partial charge in [-0.15, -0.1) is 11.3 Å². The summed E-state index contributed by atoms with van der Waals surface area (Å²) in [5.41, 5.74) is 3.85. The molecule has 0 saturated heterocycles. The number of carboxylic acid groups (broad SMARTS) is 1. The molecule has 8 nitrogen and oxygen atoms in total. The summed E-state index contributed by atoms with van der Waals surface area (Å²) in [6.07, 6.45) is 1.61. The number of fused-ring (bicyclic) bond motifs is 2. The van der Waals surface area contributed by atoms with Crippen LogP contribution in [0.4, 0.5) is 8.78 Å². The number of rotatable bonds is 6. The van der Waals surface area contributed by atoms with Crippen molar-refractivity contribution in [3.05, 3.63) is 76.6 Å². The van der Waals surface area contributed by atoms with Crippen molar-refractivity contribution in [2.24, 2.45) is 0 Å². The van der Waals surface area contributed by atoms with Crippen molar-refractivity contribution in [2.45, 2.75) is 59.2 Å². The Hall–Kier alpha value is -4.22. The molecule has 0 aliphatic carbocycles. The van der Waals surface area contributed by atoms with Crippen LogP contribution in [0.1, 0.15) is 55.7 Å². The Morgan fingerprint density at radius 2 is 1.98 bits per heavy atom. The molecule has 6 rings (SSSR count). The van der Waals surface area contributed by atoms with Gasteiger partial charge in [0.15, 0.2) is 23.3 Å². The molecule has 1 atom stereocenters. The highest BCUT2D eigenvalue weighted by atomic mass is 32.1. The minimum absolute atomic E-state index is 0.227. The average Bonchev–Trinajstić information content (AvgIpc) is 3.60. The maximum absolute atomic E-state index is 15.6. The first-order valence-electron chi connectivity index (χ1n) is 13.9. The number of hydrogen-bond donors (Lipinski definition) is 1. The first kappa shape index (κ1) is 28.9. The van der Waals surface area contributed by atoms with E-state index in [2.05, 4.69) is 4.98 Å². The number of benzene rings is 2. The number of ether oxygens (including phenoxy) is 2. The molecule has 0 saturated carbocycles. The van der Waals surface area contributed by atoms with Crippen LogP contribution < -0.4 is 4.74 Å². The van der Waals surface area contributed by atoms with Crippen molar-refractivity contribution < 1.29 is 28.2 Å². The topological polar surface area (TPSA) is 98.8 Å². The van der Waals surface area contributed by atoms with E-state index < -0.39 is 23.5 Å². The van der Waals surface area contributed by atoms with E-state index in [-0.39, 0.29) is 17.1 Å². The van der Waals surface area contributed by atoms with Crippen molar-refractivity contribution in [3.63, 3.8) is 0 Å². The Labute approximate surface area is 251 Å². The largest absolute Gasteiger partial charge is 0.490 e. The molecule has 0 fully saturated rings. The number of aromatic nitrogens is 4. The number of thiazole rings is 1. The molecule has 11 heteroatoms. The molecule has 3 aromatic heterocycles. The molecule has 0 unspecified atom stereocenters. The SMILES string of the molecule is Cc1nc2cc(-c3ncc(-c4cccc(F)c4)s3)nn2c(-c2cc(F)c3c(c2C)CCCO3)c1[C@H](OC(C)(C)C)C(=O)O. The van der Waals surface area contributed by atoms with E-state index in [0.717, 1.165) is 22.4 Å². The summed E-state index contributed by atoms with van der Waals surface area (Å²) in [6, 6.07) is 9.39. The van der Waals surface area contributed by atoms with Gasteiger partial charge in [0.05, 0.1) is 22.8 Å². The van der Waals surface area contributed by atoms with Gasteiger partial charge >= 0.3 is 5.97 Å². The fourth-order valence-electron chi connectivity index (χ4n) is 5.47.